The highest BCUT2D eigenvalue weighted by Crippen LogP contribution is 2.06. The highest BCUT2D eigenvalue weighted by molar-refractivity contribution is 5.23. The Balaban J connectivity index is 2.89. The molecule has 0 bridgehead atoms. The lowest BCUT2D eigenvalue weighted by Gasteiger charge is -2.04. The number of hydrogen-bond acceptors (Lipinski definition) is 2. The van der Waals surface area contributed by atoms with Crippen LogP contribution in [0.4, 0.5) is 4.39 Å². The van der Waals surface area contributed by atoms with Crippen LogP contribution in [0.15, 0.2) is 6.20 Å². The third kappa shape index (κ3) is 1.62. The highest BCUT2D eigenvalue weighted by Gasteiger charge is 2.09. The Hall–Kier alpha value is -1.37. The van der Waals surface area contributed by atoms with Gasteiger partial charge in [-0.1, -0.05) is 13.8 Å². The molecule has 0 aliphatic rings. The van der Waals surface area contributed by atoms with Gasteiger partial charge in [0.25, 0.3) is 0 Å². The van der Waals surface area contributed by atoms with Crippen LogP contribution in [0.3, 0.4) is 0 Å². The lowest BCUT2D eigenvalue weighted by atomic mass is 10.2. The van der Waals surface area contributed by atoms with E-state index in [-0.39, 0.29) is 5.56 Å². The maximum Gasteiger partial charge on any atom is 0.229 e. The van der Waals surface area contributed by atoms with E-state index in [9.17, 15) is 4.39 Å². The second-order valence-corrected chi connectivity index (χ2v) is 3.04. The van der Waals surface area contributed by atoms with Gasteiger partial charge in [0.2, 0.25) is 5.95 Å². The van der Waals surface area contributed by atoms with Gasteiger partial charge in [0.15, 0.2) is 0 Å². The van der Waals surface area contributed by atoms with Gasteiger partial charge in [-0.2, -0.15) is 14.8 Å². The van der Waals surface area contributed by atoms with Crippen LogP contribution in [-0.4, -0.2) is 9.78 Å². The van der Waals surface area contributed by atoms with E-state index in [1.165, 1.54) is 10.9 Å². The van der Waals surface area contributed by atoms with Crippen molar-refractivity contribution in [1.29, 1.82) is 5.26 Å². The van der Waals surface area contributed by atoms with Gasteiger partial charge in [0.1, 0.15) is 11.6 Å². The molecule has 0 aromatic carbocycles. The van der Waals surface area contributed by atoms with Crippen LogP contribution in [0.25, 0.3) is 0 Å². The molecule has 1 aromatic heterocycles. The van der Waals surface area contributed by atoms with Crippen LogP contribution >= 0.6 is 0 Å². The molecule has 12 heavy (non-hydrogen) atoms. The summed E-state index contributed by atoms with van der Waals surface area (Å²) >= 11 is 0. The molecule has 0 radical (unpaired) electrons. The van der Waals surface area contributed by atoms with Crippen LogP contribution in [0.1, 0.15) is 19.4 Å². The summed E-state index contributed by atoms with van der Waals surface area (Å²) in [5, 5.41) is 12.2. The molecule has 0 amide bonds. The van der Waals surface area contributed by atoms with Gasteiger partial charge in [-0.15, -0.1) is 0 Å². The standard InChI is InChI=1S/C8H10FN3/c1-6(2)5-12-8(9)7(3-10)4-11-12/h4,6H,5H2,1-2H3. The van der Waals surface area contributed by atoms with Crippen LogP contribution in [-0.2, 0) is 6.54 Å². The summed E-state index contributed by atoms with van der Waals surface area (Å²) in [6, 6.07) is 1.73. The quantitative estimate of drug-likeness (QED) is 0.670. The maximum absolute atomic E-state index is 13.1. The molecular formula is C8H10FN3. The zero-order valence-electron chi connectivity index (χ0n) is 7.08. The van der Waals surface area contributed by atoms with Crippen molar-refractivity contribution in [3.8, 4) is 6.07 Å². The predicted molar refractivity (Wildman–Crippen MR) is 41.7 cm³/mol. The lowest BCUT2D eigenvalue weighted by Crippen LogP contribution is -2.08. The largest absolute Gasteiger partial charge is 0.238 e. The molecule has 0 saturated heterocycles. The SMILES string of the molecule is CC(C)Cn1ncc(C#N)c1F. The van der Waals surface area contributed by atoms with E-state index in [0.29, 0.717) is 12.5 Å². The predicted octanol–water partition coefficient (Wildman–Crippen LogP) is 1.55. The maximum atomic E-state index is 13.1. The summed E-state index contributed by atoms with van der Waals surface area (Å²) in [5.41, 5.74) is 0.00986. The van der Waals surface area contributed by atoms with E-state index in [1.807, 2.05) is 13.8 Å². The van der Waals surface area contributed by atoms with Gasteiger partial charge in [-0.05, 0) is 5.92 Å². The van der Waals surface area contributed by atoms with Crippen molar-refractivity contribution in [3.63, 3.8) is 0 Å². The van der Waals surface area contributed by atoms with Crippen LogP contribution in [0, 0.1) is 23.2 Å². The van der Waals surface area contributed by atoms with E-state index >= 15 is 0 Å². The number of aromatic nitrogens is 2. The molecule has 0 atom stereocenters. The topological polar surface area (TPSA) is 41.6 Å². The third-order valence-corrected chi connectivity index (χ3v) is 1.43. The van der Waals surface area contributed by atoms with E-state index in [4.69, 9.17) is 5.26 Å². The fourth-order valence-electron chi connectivity index (χ4n) is 0.919. The Morgan fingerprint density at radius 3 is 2.83 bits per heavy atom. The lowest BCUT2D eigenvalue weighted by molar-refractivity contribution is 0.401. The van der Waals surface area contributed by atoms with Crippen molar-refractivity contribution in [3.05, 3.63) is 17.7 Å². The second kappa shape index (κ2) is 3.35. The molecule has 0 aliphatic heterocycles. The first kappa shape index (κ1) is 8.72. The molecule has 0 N–H and O–H groups in total. The monoisotopic (exact) mass is 167 g/mol. The third-order valence-electron chi connectivity index (χ3n) is 1.43. The van der Waals surface area contributed by atoms with E-state index < -0.39 is 5.95 Å². The Morgan fingerprint density at radius 2 is 2.42 bits per heavy atom. The van der Waals surface area contributed by atoms with Gasteiger partial charge >= 0.3 is 0 Å². The number of halogens is 1. The Bertz CT molecular complexity index is 309. The Kier molecular flexibility index (Phi) is 2.44. The average molecular weight is 167 g/mol. The van der Waals surface area contributed by atoms with Gasteiger partial charge in [0.05, 0.1) is 6.20 Å². The molecule has 3 nitrogen and oxygen atoms in total. The van der Waals surface area contributed by atoms with Gasteiger partial charge in [-0.3, -0.25) is 0 Å². The van der Waals surface area contributed by atoms with Crippen molar-refractivity contribution in [1.82, 2.24) is 9.78 Å². The first-order valence-corrected chi connectivity index (χ1v) is 3.76. The molecule has 64 valence electrons. The molecule has 0 spiro atoms. The van der Waals surface area contributed by atoms with Crippen molar-refractivity contribution >= 4 is 0 Å². The molecule has 0 saturated carbocycles. The minimum absolute atomic E-state index is 0.00986. The summed E-state index contributed by atoms with van der Waals surface area (Å²) in [7, 11) is 0. The molecule has 0 aliphatic carbocycles. The first-order valence-electron chi connectivity index (χ1n) is 3.76. The number of rotatable bonds is 2. The van der Waals surface area contributed by atoms with Gasteiger partial charge < -0.3 is 0 Å². The smallest absolute Gasteiger partial charge is 0.229 e. The van der Waals surface area contributed by atoms with Crippen LogP contribution in [0.5, 0.6) is 0 Å². The second-order valence-electron chi connectivity index (χ2n) is 3.04. The summed E-state index contributed by atoms with van der Waals surface area (Å²) < 4.78 is 14.3. The van der Waals surface area contributed by atoms with Gasteiger partial charge in [-0.25, -0.2) is 4.68 Å². The fraction of sp³-hybridized carbons (Fsp3) is 0.500. The first-order chi connectivity index (χ1) is 5.65. The summed E-state index contributed by atoms with van der Waals surface area (Å²) in [6.07, 6.45) is 1.25. The van der Waals surface area contributed by atoms with Crippen molar-refractivity contribution < 1.29 is 4.39 Å². The van der Waals surface area contributed by atoms with E-state index in [1.54, 1.807) is 6.07 Å². The molecular weight excluding hydrogens is 157 g/mol. The molecule has 0 fully saturated rings. The minimum Gasteiger partial charge on any atom is -0.238 e. The average Bonchev–Trinajstić information content (AvgIpc) is 2.32. The molecule has 1 rings (SSSR count). The Morgan fingerprint density at radius 1 is 1.75 bits per heavy atom. The fourth-order valence-corrected chi connectivity index (χ4v) is 0.919. The van der Waals surface area contributed by atoms with Crippen LogP contribution in [0.2, 0.25) is 0 Å². The van der Waals surface area contributed by atoms with Crippen molar-refractivity contribution in [2.24, 2.45) is 5.92 Å². The zero-order valence-corrected chi connectivity index (χ0v) is 7.08. The van der Waals surface area contributed by atoms with Gasteiger partial charge in [0, 0.05) is 6.54 Å². The zero-order chi connectivity index (χ0) is 9.14. The summed E-state index contributed by atoms with van der Waals surface area (Å²) in [4.78, 5) is 0. The normalized spacial score (nSPS) is 10.2. The molecule has 0 unspecified atom stereocenters. The number of nitrogens with zero attached hydrogens (tertiary/aromatic N) is 3. The molecule has 1 aromatic rings. The molecule has 1 heterocycles. The summed E-state index contributed by atoms with van der Waals surface area (Å²) in [5.74, 6) is -0.211. The van der Waals surface area contributed by atoms with E-state index in [0.717, 1.165) is 0 Å². The highest BCUT2D eigenvalue weighted by atomic mass is 19.1. The summed E-state index contributed by atoms with van der Waals surface area (Å²) in [6.45, 7) is 4.44. The van der Waals surface area contributed by atoms with Crippen LogP contribution < -0.4 is 0 Å². The van der Waals surface area contributed by atoms with Crippen molar-refractivity contribution in [2.75, 3.05) is 0 Å². The number of hydrogen-bond donors (Lipinski definition) is 0. The molecule has 4 heteroatoms. The minimum atomic E-state index is -0.536. The van der Waals surface area contributed by atoms with Crippen molar-refractivity contribution in [2.45, 2.75) is 20.4 Å². The van der Waals surface area contributed by atoms with E-state index in [2.05, 4.69) is 5.10 Å². The number of nitriles is 1. The Labute approximate surface area is 70.4 Å².